The number of hydrogen-bond acceptors (Lipinski definition) is 3. The van der Waals surface area contributed by atoms with Gasteiger partial charge < -0.3 is 10.2 Å². The number of carbonyl (C=O) groups excluding carboxylic acids is 2. The third-order valence-corrected chi connectivity index (χ3v) is 6.05. The van der Waals surface area contributed by atoms with E-state index in [1.807, 2.05) is 47.4 Å². The number of likely N-dealkylation sites (tertiary alicyclic amines) is 1. The van der Waals surface area contributed by atoms with Gasteiger partial charge in [0.25, 0.3) is 0 Å². The lowest BCUT2D eigenvalue weighted by Crippen LogP contribution is -2.44. The van der Waals surface area contributed by atoms with Crippen molar-refractivity contribution >= 4 is 11.8 Å². The van der Waals surface area contributed by atoms with Gasteiger partial charge in [-0.3, -0.25) is 14.6 Å². The van der Waals surface area contributed by atoms with Crippen LogP contribution in [0.4, 0.5) is 0 Å². The third kappa shape index (κ3) is 4.66. The summed E-state index contributed by atoms with van der Waals surface area (Å²) in [6.45, 7) is 1.01. The van der Waals surface area contributed by atoms with Crippen molar-refractivity contribution in [1.29, 1.82) is 0 Å². The van der Waals surface area contributed by atoms with Crippen LogP contribution in [-0.2, 0) is 22.4 Å². The molecule has 2 aromatic carbocycles. The molecule has 1 aliphatic rings. The van der Waals surface area contributed by atoms with Crippen LogP contribution < -0.4 is 5.32 Å². The van der Waals surface area contributed by atoms with Gasteiger partial charge in [-0.25, -0.2) is 0 Å². The summed E-state index contributed by atoms with van der Waals surface area (Å²) >= 11 is 0. The summed E-state index contributed by atoms with van der Waals surface area (Å²) in [6, 6.07) is 24.1. The van der Waals surface area contributed by atoms with Crippen LogP contribution in [-0.4, -0.2) is 41.8 Å². The van der Waals surface area contributed by atoms with Crippen molar-refractivity contribution in [2.24, 2.45) is 5.41 Å². The number of aromatic nitrogens is 1. The minimum Gasteiger partial charge on any atom is -0.359 e. The molecule has 0 unspecified atom stereocenters. The maximum atomic E-state index is 13.0. The topological polar surface area (TPSA) is 62.3 Å². The molecule has 1 atom stereocenters. The van der Waals surface area contributed by atoms with E-state index in [0.29, 0.717) is 25.9 Å². The van der Waals surface area contributed by atoms with Gasteiger partial charge in [0.2, 0.25) is 11.8 Å². The molecule has 1 aromatic heterocycles. The minimum absolute atomic E-state index is 0.00856. The summed E-state index contributed by atoms with van der Waals surface area (Å²) < 4.78 is 0. The highest BCUT2D eigenvalue weighted by Gasteiger charge is 2.45. The number of pyridine rings is 1. The van der Waals surface area contributed by atoms with Crippen LogP contribution in [0.25, 0.3) is 11.1 Å². The van der Waals surface area contributed by atoms with Gasteiger partial charge in [-0.2, -0.15) is 0 Å². The Morgan fingerprint density at radius 3 is 2.52 bits per heavy atom. The fourth-order valence-electron chi connectivity index (χ4n) is 4.41. The fourth-order valence-corrected chi connectivity index (χ4v) is 4.41. The number of nitrogens with one attached hydrogen (secondary N) is 1. The first-order chi connectivity index (χ1) is 15.1. The quantitative estimate of drug-likeness (QED) is 0.673. The molecule has 0 radical (unpaired) electrons. The second kappa shape index (κ2) is 9.13. The molecule has 1 saturated heterocycles. The predicted molar refractivity (Wildman–Crippen MR) is 121 cm³/mol. The van der Waals surface area contributed by atoms with Gasteiger partial charge in [0.15, 0.2) is 0 Å². The summed E-state index contributed by atoms with van der Waals surface area (Å²) in [7, 11) is 1.67. The zero-order valence-corrected chi connectivity index (χ0v) is 17.8. The summed E-state index contributed by atoms with van der Waals surface area (Å²) in [5.74, 6) is 0.00765. The van der Waals surface area contributed by atoms with Gasteiger partial charge in [0.05, 0.1) is 11.8 Å². The average molecular weight is 414 g/mol. The molecule has 5 heteroatoms. The normalized spacial score (nSPS) is 18.0. The third-order valence-electron chi connectivity index (χ3n) is 6.05. The Balaban J connectivity index is 1.53. The van der Waals surface area contributed by atoms with E-state index < -0.39 is 5.41 Å². The Kier molecular flexibility index (Phi) is 6.12. The zero-order chi connectivity index (χ0) is 21.7. The molecule has 5 nitrogen and oxygen atoms in total. The molecule has 158 valence electrons. The Labute approximate surface area is 183 Å². The summed E-state index contributed by atoms with van der Waals surface area (Å²) in [6.07, 6.45) is 3.20. The molecule has 3 aromatic rings. The van der Waals surface area contributed by atoms with E-state index in [9.17, 15) is 9.59 Å². The van der Waals surface area contributed by atoms with Crippen LogP contribution in [0.1, 0.15) is 17.7 Å². The van der Waals surface area contributed by atoms with Crippen LogP contribution in [0.3, 0.4) is 0 Å². The molecule has 0 bridgehead atoms. The Morgan fingerprint density at radius 2 is 1.77 bits per heavy atom. The highest BCUT2D eigenvalue weighted by molar-refractivity contribution is 5.86. The van der Waals surface area contributed by atoms with Gasteiger partial charge in [-0.05, 0) is 41.7 Å². The van der Waals surface area contributed by atoms with Crippen molar-refractivity contribution in [3.8, 4) is 11.1 Å². The molecule has 2 heterocycles. The van der Waals surface area contributed by atoms with Crippen molar-refractivity contribution in [2.45, 2.75) is 19.3 Å². The molecule has 1 aliphatic heterocycles. The van der Waals surface area contributed by atoms with E-state index >= 15 is 0 Å². The SMILES string of the molecule is CNC(=O)[C@]1(Cc2cccc(-c3ccccc3)c2)CCN(C(=O)Cc2ccccn2)C1. The van der Waals surface area contributed by atoms with Crippen molar-refractivity contribution in [2.75, 3.05) is 20.1 Å². The van der Waals surface area contributed by atoms with Crippen LogP contribution in [0.5, 0.6) is 0 Å². The monoisotopic (exact) mass is 413 g/mol. The minimum atomic E-state index is -0.621. The Hall–Kier alpha value is -3.47. The van der Waals surface area contributed by atoms with Crippen LogP contribution in [0, 0.1) is 5.41 Å². The van der Waals surface area contributed by atoms with E-state index in [1.54, 1.807) is 13.2 Å². The molecule has 0 saturated carbocycles. The van der Waals surface area contributed by atoms with Crippen molar-refractivity contribution in [3.63, 3.8) is 0 Å². The number of amides is 2. The van der Waals surface area contributed by atoms with Crippen molar-refractivity contribution in [1.82, 2.24) is 15.2 Å². The van der Waals surface area contributed by atoms with Crippen molar-refractivity contribution < 1.29 is 9.59 Å². The molecule has 4 rings (SSSR count). The van der Waals surface area contributed by atoms with Gasteiger partial charge >= 0.3 is 0 Å². The van der Waals surface area contributed by atoms with Gasteiger partial charge in [-0.15, -0.1) is 0 Å². The molecule has 2 amide bonds. The molecule has 1 N–H and O–H groups in total. The molecular formula is C26H27N3O2. The number of hydrogen-bond donors (Lipinski definition) is 1. The van der Waals surface area contributed by atoms with Gasteiger partial charge in [-0.1, -0.05) is 60.7 Å². The number of benzene rings is 2. The molecular weight excluding hydrogens is 386 g/mol. The lowest BCUT2D eigenvalue weighted by atomic mass is 9.79. The fraction of sp³-hybridized carbons (Fsp3) is 0.269. The summed E-state index contributed by atoms with van der Waals surface area (Å²) in [4.78, 5) is 31.9. The number of carbonyl (C=O) groups is 2. The highest BCUT2D eigenvalue weighted by Crippen LogP contribution is 2.36. The molecule has 1 fully saturated rings. The molecule has 0 spiro atoms. The molecule has 31 heavy (non-hydrogen) atoms. The van der Waals surface area contributed by atoms with Gasteiger partial charge in [0.1, 0.15) is 0 Å². The average Bonchev–Trinajstić information content (AvgIpc) is 3.25. The van der Waals surface area contributed by atoms with E-state index in [0.717, 1.165) is 22.4 Å². The highest BCUT2D eigenvalue weighted by atomic mass is 16.2. The van der Waals surface area contributed by atoms with Crippen LogP contribution in [0.2, 0.25) is 0 Å². The van der Waals surface area contributed by atoms with Crippen LogP contribution in [0.15, 0.2) is 79.0 Å². The maximum absolute atomic E-state index is 13.0. The van der Waals surface area contributed by atoms with Crippen LogP contribution >= 0.6 is 0 Å². The smallest absolute Gasteiger partial charge is 0.228 e. The first-order valence-electron chi connectivity index (χ1n) is 10.6. The molecule has 0 aliphatic carbocycles. The van der Waals surface area contributed by atoms with E-state index in [-0.39, 0.29) is 18.2 Å². The lowest BCUT2D eigenvalue weighted by molar-refractivity contribution is -0.132. The summed E-state index contributed by atoms with van der Waals surface area (Å²) in [5.41, 5.74) is 3.51. The number of rotatable bonds is 6. The first kappa shape index (κ1) is 20.8. The van der Waals surface area contributed by atoms with E-state index in [2.05, 4.69) is 40.6 Å². The largest absolute Gasteiger partial charge is 0.359 e. The van der Waals surface area contributed by atoms with E-state index in [4.69, 9.17) is 0 Å². The lowest BCUT2D eigenvalue weighted by Gasteiger charge is -2.28. The van der Waals surface area contributed by atoms with Gasteiger partial charge in [0, 0.05) is 32.0 Å². The Bertz CT molecular complexity index is 1050. The predicted octanol–water partition coefficient (Wildman–Crippen LogP) is 3.50. The standard InChI is InChI=1S/C26H27N3O2/c1-27-25(31)26(13-15-29(19-26)24(30)17-23-12-5-6-14-28-23)18-20-8-7-11-22(16-20)21-9-3-2-4-10-21/h2-12,14,16H,13,15,17-19H2,1H3,(H,27,31)/t26-/m0/s1. The van der Waals surface area contributed by atoms with Crippen molar-refractivity contribution in [3.05, 3.63) is 90.3 Å². The zero-order valence-electron chi connectivity index (χ0n) is 17.8. The first-order valence-corrected chi connectivity index (χ1v) is 10.6. The van der Waals surface area contributed by atoms with E-state index in [1.165, 1.54) is 0 Å². The second-order valence-electron chi connectivity index (χ2n) is 8.17. The maximum Gasteiger partial charge on any atom is 0.228 e. The summed E-state index contributed by atoms with van der Waals surface area (Å²) in [5, 5.41) is 2.83. The second-order valence-corrected chi connectivity index (χ2v) is 8.17. The Morgan fingerprint density at radius 1 is 1.00 bits per heavy atom. The number of nitrogens with zero attached hydrogens (tertiary/aromatic N) is 2.